The summed E-state index contributed by atoms with van der Waals surface area (Å²) in [5.74, 6) is 0.138. The molecule has 1 saturated heterocycles. The maximum atomic E-state index is 9.77. The van der Waals surface area contributed by atoms with E-state index in [0.29, 0.717) is 34.0 Å². The first-order valence-electron chi connectivity index (χ1n) is 15.0. The number of thiophene rings is 1. The number of rotatable bonds is 11. The van der Waals surface area contributed by atoms with Crippen molar-refractivity contribution in [2.45, 2.75) is 111 Å². The highest BCUT2D eigenvalue weighted by molar-refractivity contribution is 7.16. The molecule has 0 spiro atoms. The highest BCUT2D eigenvalue weighted by atomic mass is 35.5. The zero-order valence-corrected chi connectivity index (χ0v) is 27.4. The van der Waals surface area contributed by atoms with Crippen molar-refractivity contribution in [2.75, 3.05) is 25.9 Å². The van der Waals surface area contributed by atoms with Crippen LogP contribution in [0.3, 0.4) is 0 Å². The summed E-state index contributed by atoms with van der Waals surface area (Å²) < 4.78 is 0. The molecule has 2 heterocycles. The van der Waals surface area contributed by atoms with Gasteiger partial charge in [0.05, 0.1) is 17.8 Å². The van der Waals surface area contributed by atoms with Crippen LogP contribution in [0.4, 0.5) is 5.00 Å². The predicted octanol–water partition coefficient (Wildman–Crippen LogP) is 8.91. The van der Waals surface area contributed by atoms with E-state index in [9.17, 15) is 5.26 Å². The average molecular weight is 587 g/mol. The van der Waals surface area contributed by atoms with E-state index in [1.165, 1.54) is 23.3 Å². The maximum Gasteiger partial charge on any atom is 0.130 e. The second-order valence-corrected chi connectivity index (χ2v) is 11.4. The minimum Gasteiger partial charge on any atom is -0.389 e. The number of nitrogens with zero attached hydrogens (tertiary/aromatic N) is 4. The number of hydrogen-bond acceptors (Lipinski definition) is 7. The lowest BCUT2D eigenvalue weighted by molar-refractivity contribution is 0.300. The van der Waals surface area contributed by atoms with E-state index >= 15 is 0 Å². The molecule has 2 unspecified atom stereocenters. The second-order valence-electron chi connectivity index (χ2n) is 9.87. The van der Waals surface area contributed by atoms with Crippen molar-refractivity contribution in [3.8, 4) is 6.07 Å². The number of aryl methyl sites for hydroxylation is 1. The number of nitrogens with two attached hydrogens (primary N) is 1. The van der Waals surface area contributed by atoms with E-state index in [2.05, 4.69) is 43.6 Å². The molecule has 1 fully saturated rings. The van der Waals surface area contributed by atoms with Crippen LogP contribution in [-0.4, -0.2) is 49.2 Å². The normalized spacial score (nSPS) is 19.8. The lowest BCUT2D eigenvalue weighted by Gasteiger charge is -2.26. The molecule has 8 heteroatoms. The van der Waals surface area contributed by atoms with Crippen LogP contribution in [-0.2, 0) is 6.42 Å². The summed E-state index contributed by atoms with van der Waals surface area (Å²) in [6.07, 6.45) is 10.8. The molecule has 1 aliphatic heterocycles. The van der Waals surface area contributed by atoms with Gasteiger partial charge in [-0.05, 0) is 95.8 Å². The van der Waals surface area contributed by atoms with Crippen molar-refractivity contribution < 1.29 is 0 Å². The molecule has 2 atom stereocenters. The quantitative estimate of drug-likeness (QED) is 0.200. The Balaban J connectivity index is 0.00000191. The number of aliphatic imine (C=N–C) groups is 2. The fraction of sp³-hybridized carbons (Fsp3) is 0.625. The number of fused-ring (bicyclic) bond motifs is 1. The fourth-order valence-corrected chi connectivity index (χ4v) is 6.84. The molecule has 1 aromatic heterocycles. The summed E-state index contributed by atoms with van der Waals surface area (Å²) in [5.41, 5.74) is 11.6. The van der Waals surface area contributed by atoms with Gasteiger partial charge in [0, 0.05) is 22.5 Å². The molecule has 0 bridgehead atoms. The third kappa shape index (κ3) is 9.68. The number of likely N-dealkylation sites (tertiary alicyclic amines) is 1. The highest BCUT2D eigenvalue weighted by Gasteiger charge is 2.30. The molecular formula is C32H51ClN6S. The Morgan fingerprint density at radius 1 is 1.25 bits per heavy atom. The average Bonchev–Trinajstić information content (AvgIpc) is 3.55. The molecule has 0 radical (unpaired) electrons. The summed E-state index contributed by atoms with van der Waals surface area (Å²) in [7, 11) is 2.18. The molecule has 1 aromatic rings. The maximum absolute atomic E-state index is 9.77. The van der Waals surface area contributed by atoms with E-state index < -0.39 is 0 Å². The third-order valence-electron chi connectivity index (χ3n) is 7.55. The SMILES string of the molecule is C=N/C(Cl)=C\C(CCC1CCCN1C)=NCC(=N)/C(CCC)=C(\C)C1CCCc2sc(N)c(C#N)c21.CC.CC. The Kier molecular flexibility index (Phi) is 16.9. The number of anilines is 1. The van der Waals surface area contributed by atoms with Gasteiger partial charge in [0.25, 0.3) is 0 Å². The Hall–Kier alpha value is -2.27. The van der Waals surface area contributed by atoms with Gasteiger partial charge in [-0.15, -0.1) is 11.3 Å². The number of nitriles is 1. The molecule has 0 amide bonds. The summed E-state index contributed by atoms with van der Waals surface area (Å²) in [4.78, 5) is 12.3. The highest BCUT2D eigenvalue weighted by Crippen LogP contribution is 2.46. The molecule has 40 heavy (non-hydrogen) atoms. The summed E-state index contributed by atoms with van der Waals surface area (Å²) >= 11 is 7.74. The first-order valence-corrected chi connectivity index (χ1v) is 16.2. The van der Waals surface area contributed by atoms with Gasteiger partial charge >= 0.3 is 0 Å². The fourth-order valence-electron chi connectivity index (χ4n) is 5.59. The Morgan fingerprint density at radius 2 is 1.95 bits per heavy atom. The van der Waals surface area contributed by atoms with Gasteiger partial charge in [0.15, 0.2) is 0 Å². The van der Waals surface area contributed by atoms with Gasteiger partial charge < -0.3 is 16.0 Å². The van der Waals surface area contributed by atoms with Crippen molar-refractivity contribution in [1.82, 2.24) is 4.90 Å². The number of nitrogen functional groups attached to an aromatic ring is 1. The van der Waals surface area contributed by atoms with Crippen LogP contribution in [0, 0.1) is 16.7 Å². The van der Waals surface area contributed by atoms with Gasteiger partial charge in [-0.25, -0.2) is 0 Å². The molecule has 6 nitrogen and oxygen atoms in total. The van der Waals surface area contributed by atoms with E-state index in [-0.39, 0.29) is 5.92 Å². The Morgan fingerprint density at radius 3 is 2.52 bits per heavy atom. The monoisotopic (exact) mass is 586 g/mol. The van der Waals surface area contributed by atoms with Gasteiger partial charge in [0.2, 0.25) is 0 Å². The number of nitrogens with one attached hydrogen (secondary N) is 1. The van der Waals surface area contributed by atoms with E-state index in [1.807, 2.05) is 27.7 Å². The van der Waals surface area contributed by atoms with Crippen molar-refractivity contribution in [3.63, 3.8) is 0 Å². The zero-order chi connectivity index (χ0) is 30.2. The third-order valence-corrected chi connectivity index (χ3v) is 8.87. The molecule has 0 saturated carbocycles. The van der Waals surface area contributed by atoms with Gasteiger partial charge in [0.1, 0.15) is 16.2 Å². The Bertz CT molecular complexity index is 1110. The summed E-state index contributed by atoms with van der Waals surface area (Å²) in [6.45, 7) is 17.2. The summed E-state index contributed by atoms with van der Waals surface area (Å²) in [5, 5.41) is 19.7. The number of hydrogen-bond donors (Lipinski definition) is 2. The van der Waals surface area contributed by atoms with Crippen LogP contribution in [0.25, 0.3) is 0 Å². The second kappa shape index (κ2) is 19.0. The smallest absolute Gasteiger partial charge is 0.130 e. The van der Waals surface area contributed by atoms with Gasteiger partial charge in [-0.3, -0.25) is 9.98 Å². The van der Waals surface area contributed by atoms with Crippen molar-refractivity contribution in [2.24, 2.45) is 9.98 Å². The van der Waals surface area contributed by atoms with Crippen LogP contribution in [0.1, 0.15) is 115 Å². The predicted molar refractivity (Wildman–Crippen MR) is 178 cm³/mol. The molecule has 3 rings (SSSR count). The minimum absolute atomic E-state index is 0.138. The van der Waals surface area contributed by atoms with Gasteiger partial charge in [-0.2, -0.15) is 5.26 Å². The first-order chi connectivity index (χ1) is 19.3. The molecule has 1 aliphatic carbocycles. The topological polar surface area (TPSA) is 102 Å². The van der Waals surface area contributed by atoms with E-state index in [4.69, 9.17) is 27.7 Å². The van der Waals surface area contributed by atoms with E-state index in [1.54, 1.807) is 17.4 Å². The Labute approximate surface area is 252 Å². The van der Waals surface area contributed by atoms with Gasteiger partial charge in [-0.1, -0.05) is 58.2 Å². The van der Waals surface area contributed by atoms with E-state index in [0.717, 1.165) is 68.3 Å². The molecule has 3 N–H and O–H groups in total. The standard InChI is InChI=1S/C28H39ClN6S.2C2H6/c1-5-8-21(18(2)22-10-6-11-25-27(22)23(16-30)28(32)36-25)24(31)17-34-19(15-26(29)33-3)12-13-20-9-7-14-35(20)4;2*1-2/h15,20,22,31H,3,5-14,17,32H2,1-2,4H3;2*1-2H3/b21-18+,26-15-,31-24?,34-19?;;. The number of halogens is 1. The molecular weight excluding hydrogens is 536 g/mol. The number of allylic oxidation sites excluding steroid dienone is 2. The van der Waals surface area contributed by atoms with Crippen molar-refractivity contribution >= 4 is 46.1 Å². The lowest BCUT2D eigenvalue weighted by Crippen LogP contribution is -2.25. The van der Waals surface area contributed by atoms with Crippen LogP contribution in [0.2, 0.25) is 0 Å². The molecule has 222 valence electrons. The largest absolute Gasteiger partial charge is 0.389 e. The van der Waals surface area contributed by atoms with Crippen LogP contribution >= 0.6 is 22.9 Å². The first kappa shape index (κ1) is 35.8. The van der Waals surface area contributed by atoms with Crippen molar-refractivity contribution in [1.29, 1.82) is 10.7 Å². The molecule has 2 aliphatic rings. The molecule has 0 aromatic carbocycles. The van der Waals surface area contributed by atoms with Crippen LogP contribution in [0.5, 0.6) is 0 Å². The minimum atomic E-state index is 0.138. The summed E-state index contributed by atoms with van der Waals surface area (Å²) in [6, 6.07) is 2.90. The van der Waals surface area contributed by atoms with Crippen molar-refractivity contribution in [3.05, 3.63) is 38.4 Å². The van der Waals surface area contributed by atoms with Crippen LogP contribution in [0.15, 0.2) is 32.4 Å². The lowest BCUT2D eigenvalue weighted by atomic mass is 9.78. The van der Waals surface area contributed by atoms with Crippen LogP contribution < -0.4 is 5.73 Å². The zero-order valence-electron chi connectivity index (χ0n) is 25.9.